The van der Waals surface area contributed by atoms with Crippen molar-refractivity contribution in [2.24, 2.45) is 0 Å². The molecule has 0 radical (unpaired) electrons. The molecule has 116 valence electrons. The summed E-state index contributed by atoms with van der Waals surface area (Å²) in [6, 6.07) is 0. The fourth-order valence-electron chi connectivity index (χ4n) is 2.00. The molecule has 0 aliphatic rings. The Balaban J connectivity index is 2.13. The van der Waals surface area contributed by atoms with Crippen LogP contribution < -0.4 is 10.0 Å². The van der Waals surface area contributed by atoms with Crippen molar-refractivity contribution in [2.45, 2.75) is 31.2 Å². The highest BCUT2D eigenvalue weighted by Gasteiger charge is 2.23. The number of nitrogens with one attached hydrogen (secondary N) is 2. The van der Waals surface area contributed by atoms with Gasteiger partial charge in [0, 0.05) is 35.5 Å². The third-order valence-corrected chi connectivity index (χ3v) is 6.94. The molecule has 2 rings (SSSR count). The summed E-state index contributed by atoms with van der Waals surface area (Å²) in [5.74, 6) is 0.0615. The molecule has 0 spiro atoms. The highest BCUT2D eigenvalue weighted by molar-refractivity contribution is 7.89. The summed E-state index contributed by atoms with van der Waals surface area (Å²) in [7, 11) is -1.68. The van der Waals surface area contributed by atoms with Crippen LogP contribution >= 0.6 is 22.7 Å². The van der Waals surface area contributed by atoms with Gasteiger partial charge in [-0.2, -0.15) is 0 Å². The highest BCUT2D eigenvalue weighted by atomic mass is 32.2. The van der Waals surface area contributed by atoms with E-state index in [0.29, 0.717) is 18.0 Å². The second-order valence-corrected chi connectivity index (χ2v) is 8.42. The third kappa shape index (κ3) is 3.89. The van der Waals surface area contributed by atoms with Crippen molar-refractivity contribution in [2.75, 3.05) is 13.6 Å². The maximum absolute atomic E-state index is 12.5. The number of thiazole rings is 1. The van der Waals surface area contributed by atoms with Gasteiger partial charge in [0.25, 0.3) is 0 Å². The van der Waals surface area contributed by atoms with Crippen molar-refractivity contribution in [3.05, 3.63) is 32.4 Å². The quantitative estimate of drug-likeness (QED) is 0.808. The van der Waals surface area contributed by atoms with Crippen LogP contribution in [0, 0.1) is 6.92 Å². The van der Waals surface area contributed by atoms with Gasteiger partial charge in [-0.25, -0.2) is 18.1 Å². The summed E-state index contributed by atoms with van der Waals surface area (Å²) in [6.07, 6.45) is 1.74. The molecule has 5 nitrogen and oxygen atoms in total. The Morgan fingerprint density at radius 1 is 1.38 bits per heavy atom. The molecule has 0 bridgehead atoms. The Morgan fingerprint density at radius 2 is 2.14 bits per heavy atom. The number of rotatable bonds is 7. The summed E-state index contributed by atoms with van der Waals surface area (Å²) < 4.78 is 27.8. The van der Waals surface area contributed by atoms with Crippen molar-refractivity contribution < 1.29 is 8.42 Å². The maximum atomic E-state index is 12.5. The number of aryl methyl sites for hydroxylation is 1. The van der Waals surface area contributed by atoms with Crippen LogP contribution in [0.3, 0.4) is 0 Å². The third-order valence-electron chi connectivity index (χ3n) is 3.05. The molecule has 0 aromatic carbocycles. The second kappa shape index (κ2) is 6.97. The van der Waals surface area contributed by atoms with E-state index in [4.69, 9.17) is 0 Å². The van der Waals surface area contributed by atoms with Crippen molar-refractivity contribution in [1.82, 2.24) is 15.0 Å². The molecule has 0 aliphatic heterocycles. The van der Waals surface area contributed by atoms with Gasteiger partial charge in [0.05, 0.1) is 5.01 Å². The molecule has 2 N–H and O–H groups in total. The maximum Gasteiger partial charge on any atom is 0.242 e. The Kier molecular flexibility index (Phi) is 5.50. The predicted molar refractivity (Wildman–Crippen MR) is 87.5 cm³/mol. The molecule has 2 aromatic heterocycles. The highest BCUT2D eigenvalue weighted by Crippen LogP contribution is 2.27. The normalized spacial score (nSPS) is 13.5. The van der Waals surface area contributed by atoms with E-state index in [1.54, 1.807) is 6.20 Å². The van der Waals surface area contributed by atoms with E-state index in [1.165, 1.54) is 22.7 Å². The van der Waals surface area contributed by atoms with Gasteiger partial charge in [-0.15, -0.1) is 22.7 Å². The molecule has 0 saturated heterocycles. The molecule has 0 saturated carbocycles. The summed E-state index contributed by atoms with van der Waals surface area (Å²) in [6.45, 7) is 4.70. The fourth-order valence-corrected chi connectivity index (χ4v) is 5.65. The molecule has 0 fully saturated rings. The molecular weight excluding hydrogens is 326 g/mol. The van der Waals surface area contributed by atoms with Crippen LogP contribution in [0.2, 0.25) is 0 Å². The zero-order valence-electron chi connectivity index (χ0n) is 12.2. The number of hydrogen-bond acceptors (Lipinski definition) is 6. The van der Waals surface area contributed by atoms with E-state index in [0.717, 1.165) is 15.4 Å². The van der Waals surface area contributed by atoms with Crippen LogP contribution in [0.4, 0.5) is 0 Å². The van der Waals surface area contributed by atoms with Crippen LogP contribution in [-0.4, -0.2) is 27.0 Å². The van der Waals surface area contributed by atoms with Gasteiger partial charge in [-0.3, -0.25) is 0 Å². The minimum atomic E-state index is -3.49. The van der Waals surface area contributed by atoms with Gasteiger partial charge in [0.15, 0.2) is 0 Å². The molecular formula is C13H19N3O2S3. The van der Waals surface area contributed by atoms with Crippen LogP contribution in [0.5, 0.6) is 0 Å². The molecule has 1 unspecified atom stereocenters. The summed E-state index contributed by atoms with van der Waals surface area (Å²) >= 11 is 3.01. The number of nitrogens with zero attached hydrogens (tertiary/aromatic N) is 1. The van der Waals surface area contributed by atoms with Crippen LogP contribution in [0.15, 0.2) is 21.9 Å². The topological polar surface area (TPSA) is 71.1 Å². The van der Waals surface area contributed by atoms with E-state index >= 15 is 0 Å². The largest absolute Gasteiger partial charge is 0.315 e. The molecule has 0 aliphatic carbocycles. The standard InChI is InChI=1S/C13H19N3O2S3/c1-9(13-15-4-5-19-13)6-16-21(17,18)12-10(2)8-20-11(12)7-14-3/h4-5,8-9,14,16H,6-7H2,1-3H3. The first-order valence-corrected chi connectivity index (χ1v) is 9.80. The summed E-state index contributed by atoms with van der Waals surface area (Å²) in [5, 5.41) is 7.72. The van der Waals surface area contributed by atoms with Gasteiger partial charge in [0.2, 0.25) is 10.0 Å². The van der Waals surface area contributed by atoms with E-state index in [-0.39, 0.29) is 5.92 Å². The first-order valence-electron chi connectivity index (χ1n) is 6.56. The number of thiophene rings is 1. The van der Waals surface area contributed by atoms with Crippen molar-refractivity contribution in [1.29, 1.82) is 0 Å². The lowest BCUT2D eigenvalue weighted by atomic mass is 10.2. The average Bonchev–Trinajstić information content (AvgIpc) is 3.07. The number of sulfonamides is 1. The average molecular weight is 346 g/mol. The molecule has 1 atom stereocenters. The SMILES string of the molecule is CNCc1scc(C)c1S(=O)(=O)NCC(C)c1nccs1. The van der Waals surface area contributed by atoms with Crippen molar-refractivity contribution >= 4 is 32.7 Å². The van der Waals surface area contributed by atoms with E-state index in [2.05, 4.69) is 15.0 Å². The molecule has 2 heterocycles. The zero-order chi connectivity index (χ0) is 15.5. The van der Waals surface area contributed by atoms with Crippen LogP contribution in [0.25, 0.3) is 0 Å². The minimum Gasteiger partial charge on any atom is -0.315 e. The van der Waals surface area contributed by atoms with E-state index in [9.17, 15) is 8.42 Å². The smallest absolute Gasteiger partial charge is 0.242 e. The zero-order valence-corrected chi connectivity index (χ0v) is 14.7. The second-order valence-electron chi connectivity index (χ2n) is 4.82. The fraction of sp³-hybridized carbons (Fsp3) is 0.462. The lowest BCUT2D eigenvalue weighted by molar-refractivity contribution is 0.573. The van der Waals surface area contributed by atoms with Crippen molar-refractivity contribution in [3.8, 4) is 0 Å². The van der Waals surface area contributed by atoms with E-state index < -0.39 is 10.0 Å². The van der Waals surface area contributed by atoms with Gasteiger partial charge in [-0.05, 0) is 24.9 Å². The summed E-state index contributed by atoms with van der Waals surface area (Å²) in [4.78, 5) is 5.47. The van der Waals surface area contributed by atoms with Crippen LogP contribution in [-0.2, 0) is 16.6 Å². The first-order chi connectivity index (χ1) is 9.95. The monoisotopic (exact) mass is 345 g/mol. The van der Waals surface area contributed by atoms with Gasteiger partial charge in [0.1, 0.15) is 4.90 Å². The van der Waals surface area contributed by atoms with Gasteiger partial charge >= 0.3 is 0 Å². The van der Waals surface area contributed by atoms with E-state index in [1.807, 2.05) is 31.7 Å². The van der Waals surface area contributed by atoms with Gasteiger partial charge in [-0.1, -0.05) is 6.92 Å². The Morgan fingerprint density at radius 3 is 2.76 bits per heavy atom. The number of aromatic nitrogens is 1. The Bertz CT molecular complexity index is 678. The minimum absolute atomic E-state index is 0.0615. The molecule has 21 heavy (non-hydrogen) atoms. The van der Waals surface area contributed by atoms with Gasteiger partial charge < -0.3 is 5.32 Å². The van der Waals surface area contributed by atoms with Crippen LogP contribution in [0.1, 0.15) is 28.3 Å². The molecule has 2 aromatic rings. The molecule has 8 heteroatoms. The first kappa shape index (κ1) is 16.6. The lowest BCUT2D eigenvalue weighted by Gasteiger charge is -2.12. The predicted octanol–water partition coefficient (Wildman–Crippen LogP) is 2.31. The Labute approximate surface area is 133 Å². The Hall–Kier alpha value is -0.800. The molecule has 0 amide bonds. The lowest BCUT2D eigenvalue weighted by Crippen LogP contribution is -2.29. The summed E-state index contributed by atoms with van der Waals surface area (Å²) in [5.41, 5.74) is 0.791. The number of hydrogen-bond donors (Lipinski definition) is 2. The van der Waals surface area contributed by atoms with Crippen molar-refractivity contribution in [3.63, 3.8) is 0 Å².